The Labute approximate surface area is 143 Å². The number of carbonyl (C=O) groups excluding carboxylic acids is 1. The Morgan fingerprint density at radius 1 is 1.45 bits per heavy atom. The van der Waals surface area contributed by atoms with Crippen LogP contribution in [0.4, 0.5) is 0 Å². The zero-order valence-corrected chi connectivity index (χ0v) is 14.5. The van der Waals surface area contributed by atoms with E-state index in [2.05, 4.69) is 10.6 Å². The van der Waals surface area contributed by atoms with Crippen molar-refractivity contribution in [2.45, 2.75) is 38.6 Å². The number of hydrogen-bond donors (Lipinski definition) is 2. The molecule has 1 aromatic carbocycles. The van der Waals surface area contributed by atoms with Gasteiger partial charge in [0.05, 0.1) is 11.5 Å². The first-order chi connectivity index (χ1) is 10.1. The van der Waals surface area contributed by atoms with Crippen LogP contribution in [0.1, 0.15) is 44.2 Å². The van der Waals surface area contributed by atoms with Gasteiger partial charge in [0.2, 0.25) is 5.91 Å². The summed E-state index contributed by atoms with van der Waals surface area (Å²) >= 11 is 6.04. The summed E-state index contributed by atoms with van der Waals surface area (Å²) in [5, 5.41) is 7.36. The van der Waals surface area contributed by atoms with Crippen molar-refractivity contribution in [1.82, 2.24) is 10.6 Å². The van der Waals surface area contributed by atoms with Crippen LogP contribution in [0.5, 0.6) is 0 Å². The van der Waals surface area contributed by atoms with Gasteiger partial charge in [-0.1, -0.05) is 36.6 Å². The average molecular weight is 343 g/mol. The van der Waals surface area contributed by atoms with E-state index in [1.54, 1.807) is 0 Å². The molecule has 1 aliphatic carbocycles. The van der Waals surface area contributed by atoms with Gasteiger partial charge < -0.3 is 10.6 Å². The van der Waals surface area contributed by atoms with Gasteiger partial charge in [0, 0.05) is 11.6 Å². The van der Waals surface area contributed by atoms with Crippen molar-refractivity contribution in [3.8, 4) is 0 Å². The third-order valence-electron chi connectivity index (χ3n) is 5.19. The maximum atomic E-state index is 12.9. The molecule has 0 bridgehead atoms. The number of amides is 1. The van der Waals surface area contributed by atoms with Crippen LogP contribution in [0.3, 0.4) is 0 Å². The predicted molar refractivity (Wildman–Crippen MR) is 92.5 cm³/mol. The van der Waals surface area contributed by atoms with Gasteiger partial charge in [-0.3, -0.25) is 4.79 Å². The Hall–Kier alpha value is -0.770. The molecule has 2 N–H and O–H groups in total. The highest BCUT2D eigenvalue weighted by atomic mass is 35.5. The Bertz CT molecular complexity index is 537. The number of nitrogens with one attached hydrogen (secondary N) is 2. The summed E-state index contributed by atoms with van der Waals surface area (Å²) in [6, 6.07) is 7.72. The first kappa shape index (κ1) is 17.6. The Balaban J connectivity index is 0.00000176. The highest BCUT2D eigenvalue weighted by Gasteiger charge is 2.49. The Kier molecular flexibility index (Phi) is 5.76. The topological polar surface area (TPSA) is 41.1 Å². The molecular formula is C17H24Cl2N2O. The lowest BCUT2D eigenvalue weighted by Crippen LogP contribution is -2.48. The lowest BCUT2D eigenvalue weighted by molar-refractivity contribution is -0.134. The molecule has 1 aliphatic heterocycles. The first-order valence-electron chi connectivity index (χ1n) is 7.89. The van der Waals surface area contributed by atoms with Crippen molar-refractivity contribution < 1.29 is 4.79 Å². The second kappa shape index (κ2) is 7.20. The minimum Gasteiger partial charge on any atom is -0.349 e. The highest BCUT2D eigenvalue weighted by Crippen LogP contribution is 2.44. The quantitative estimate of drug-likeness (QED) is 0.878. The molecule has 1 saturated heterocycles. The van der Waals surface area contributed by atoms with E-state index in [9.17, 15) is 4.79 Å². The Morgan fingerprint density at radius 3 is 3.05 bits per heavy atom. The Morgan fingerprint density at radius 2 is 2.27 bits per heavy atom. The maximum Gasteiger partial charge on any atom is 0.228 e. The molecular weight excluding hydrogens is 319 g/mol. The fourth-order valence-corrected chi connectivity index (χ4v) is 4.09. The molecule has 1 unspecified atom stereocenters. The summed E-state index contributed by atoms with van der Waals surface area (Å²) in [4.78, 5) is 12.9. The number of hydrogen-bond acceptors (Lipinski definition) is 2. The number of fused-ring (bicyclic) bond motifs is 1. The van der Waals surface area contributed by atoms with Crippen molar-refractivity contribution in [3.63, 3.8) is 0 Å². The molecule has 2 fully saturated rings. The zero-order chi connectivity index (χ0) is 14.9. The smallest absolute Gasteiger partial charge is 0.228 e. The van der Waals surface area contributed by atoms with Gasteiger partial charge >= 0.3 is 0 Å². The largest absolute Gasteiger partial charge is 0.349 e. The van der Waals surface area contributed by atoms with E-state index in [1.807, 2.05) is 31.2 Å². The van der Waals surface area contributed by atoms with E-state index < -0.39 is 0 Å². The molecule has 0 spiro atoms. The molecule has 0 aromatic heterocycles. The zero-order valence-electron chi connectivity index (χ0n) is 12.9. The molecule has 2 aliphatic rings. The van der Waals surface area contributed by atoms with E-state index in [-0.39, 0.29) is 29.8 Å². The van der Waals surface area contributed by atoms with E-state index in [1.165, 1.54) is 12.8 Å². The summed E-state index contributed by atoms with van der Waals surface area (Å²) in [6.07, 6.45) is 4.60. The van der Waals surface area contributed by atoms with Crippen LogP contribution in [0, 0.1) is 11.3 Å². The van der Waals surface area contributed by atoms with E-state index in [0.717, 1.165) is 31.5 Å². The van der Waals surface area contributed by atoms with Crippen molar-refractivity contribution in [2.24, 2.45) is 11.3 Å². The van der Waals surface area contributed by atoms with Gasteiger partial charge in [-0.05, 0) is 49.9 Å². The third-order valence-corrected chi connectivity index (χ3v) is 5.42. The fourth-order valence-electron chi connectivity index (χ4n) is 3.89. The molecule has 0 radical (unpaired) electrons. The molecule has 1 saturated carbocycles. The number of carbonyl (C=O) groups is 1. The van der Waals surface area contributed by atoms with E-state index in [0.29, 0.717) is 10.9 Å². The summed E-state index contributed by atoms with van der Waals surface area (Å²) in [7, 11) is 0. The number of rotatable bonds is 3. The van der Waals surface area contributed by atoms with Crippen LogP contribution in [-0.2, 0) is 4.79 Å². The predicted octanol–water partition coefficient (Wildman–Crippen LogP) is 3.72. The van der Waals surface area contributed by atoms with Gasteiger partial charge in [-0.15, -0.1) is 12.4 Å². The lowest BCUT2D eigenvalue weighted by atomic mass is 9.67. The van der Waals surface area contributed by atoms with Gasteiger partial charge in [0.25, 0.3) is 0 Å². The molecule has 1 aromatic rings. The summed E-state index contributed by atoms with van der Waals surface area (Å²) in [6.45, 7) is 3.84. The molecule has 5 heteroatoms. The molecule has 22 heavy (non-hydrogen) atoms. The normalized spacial score (nSPS) is 28.4. The fraction of sp³-hybridized carbons (Fsp3) is 0.588. The molecule has 1 amide bonds. The minimum atomic E-state index is -0.189. The summed E-state index contributed by atoms with van der Waals surface area (Å²) in [5.74, 6) is 0.711. The number of halogens is 2. The molecule has 3 atom stereocenters. The van der Waals surface area contributed by atoms with E-state index >= 15 is 0 Å². The van der Waals surface area contributed by atoms with Crippen LogP contribution >= 0.6 is 24.0 Å². The first-order valence-corrected chi connectivity index (χ1v) is 8.27. The second-order valence-corrected chi connectivity index (χ2v) is 6.92. The van der Waals surface area contributed by atoms with Crippen LogP contribution in [0.25, 0.3) is 0 Å². The summed E-state index contributed by atoms with van der Waals surface area (Å²) in [5.41, 5.74) is 0.871. The minimum absolute atomic E-state index is 0. The number of benzene rings is 1. The maximum absolute atomic E-state index is 12.9. The third kappa shape index (κ3) is 3.27. The van der Waals surface area contributed by atoms with Crippen LogP contribution in [0.2, 0.25) is 5.02 Å². The standard InChI is InChI=1S/C17H23ClN2O.ClH/c1-12(13-5-4-7-15(18)9-13)20-16(21)17-8-3-2-6-14(17)10-19-11-17;/h4-5,7,9,12,14,19H,2-3,6,8,10-11H2,1H3,(H,20,21);1H/t12?,14-,17+;/m0./s1. The van der Waals surface area contributed by atoms with Gasteiger partial charge in [0.1, 0.15) is 0 Å². The second-order valence-electron chi connectivity index (χ2n) is 6.48. The highest BCUT2D eigenvalue weighted by molar-refractivity contribution is 6.30. The molecule has 3 nitrogen and oxygen atoms in total. The average Bonchev–Trinajstić information content (AvgIpc) is 2.92. The molecule has 3 rings (SSSR count). The van der Waals surface area contributed by atoms with Crippen LogP contribution in [-0.4, -0.2) is 19.0 Å². The van der Waals surface area contributed by atoms with Gasteiger partial charge in [-0.25, -0.2) is 0 Å². The van der Waals surface area contributed by atoms with Crippen LogP contribution in [0.15, 0.2) is 24.3 Å². The van der Waals surface area contributed by atoms with Gasteiger partial charge in [0.15, 0.2) is 0 Å². The monoisotopic (exact) mass is 342 g/mol. The van der Waals surface area contributed by atoms with E-state index in [4.69, 9.17) is 11.6 Å². The van der Waals surface area contributed by atoms with Crippen molar-refractivity contribution in [3.05, 3.63) is 34.9 Å². The SMILES string of the molecule is CC(NC(=O)[C@@]12CCCC[C@H]1CNC2)c1cccc(Cl)c1.Cl. The van der Waals surface area contributed by atoms with Crippen molar-refractivity contribution >= 4 is 29.9 Å². The van der Waals surface area contributed by atoms with Crippen LogP contribution < -0.4 is 10.6 Å². The summed E-state index contributed by atoms with van der Waals surface area (Å²) < 4.78 is 0. The molecule has 122 valence electrons. The molecule has 1 heterocycles. The van der Waals surface area contributed by atoms with Gasteiger partial charge in [-0.2, -0.15) is 0 Å². The van der Waals surface area contributed by atoms with Crippen molar-refractivity contribution in [2.75, 3.05) is 13.1 Å². The van der Waals surface area contributed by atoms with Crippen molar-refractivity contribution in [1.29, 1.82) is 0 Å². The lowest BCUT2D eigenvalue weighted by Gasteiger charge is -2.38.